The van der Waals surface area contributed by atoms with E-state index in [0.29, 0.717) is 17.1 Å². The summed E-state index contributed by atoms with van der Waals surface area (Å²) in [6.45, 7) is 0.548. The average Bonchev–Trinajstić information content (AvgIpc) is 3.28. The van der Waals surface area contributed by atoms with Crippen LogP contribution in [0, 0.1) is 0 Å². The Morgan fingerprint density at radius 2 is 1.60 bits per heavy atom. The van der Waals surface area contributed by atoms with Crippen LogP contribution in [-0.2, 0) is 20.1 Å². The number of hydrogen-bond acceptors (Lipinski definition) is 4. The molecular weight excluding hydrogens is 404 g/mol. The van der Waals surface area contributed by atoms with Crippen molar-refractivity contribution in [2.45, 2.75) is 13.1 Å². The van der Waals surface area contributed by atoms with Gasteiger partial charge in [-0.3, -0.25) is 14.0 Å². The van der Waals surface area contributed by atoms with Crippen LogP contribution in [0.25, 0.3) is 16.8 Å². The van der Waals surface area contributed by atoms with Gasteiger partial charge in [0.15, 0.2) is 5.52 Å². The lowest BCUT2D eigenvalue weighted by Gasteiger charge is -2.07. The van der Waals surface area contributed by atoms with Gasteiger partial charge in [-0.2, -0.15) is 5.10 Å². The minimum atomic E-state index is -0.322. The van der Waals surface area contributed by atoms with E-state index < -0.39 is 0 Å². The van der Waals surface area contributed by atoms with Crippen LogP contribution >= 0.6 is 11.6 Å². The molecule has 0 aliphatic heterocycles. The van der Waals surface area contributed by atoms with Crippen LogP contribution in [-0.4, -0.2) is 28.5 Å². The predicted octanol–water partition coefficient (Wildman–Crippen LogP) is 2.29. The number of aromatic nitrogens is 6. The molecule has 0 unspecified atom stereocenters. The Kier molecular flexibility index (Phi) is 4.29. The lowest BCUT2D eigenvalue weighted by Crippen LogP contribution is -2.26. The van der Waals surface area contributed by atoms with Crippen molar-refractivity contribution in [3.63, 3.8) is 0 Å². The van der Waals surface area contributed by atoms with Gasteiger partial charge in [0.25, 0.3) is 5.56 Å². The Morgan fingerprint density at radius 1 is 0.900 bits per heavy atom. The molecule has 150 valence electrons. The quantitative estimate of drug-likeness (QED) is 0.447. The third-order valence-electron chi connectivity index (χ3n) is 4.99. The van der Waals surface area contributed by atoms with Gasteiger partial charge in [0.05, 0.1) is 13.1 Å². The van der Waals surface area contributed by atoms with Crippen LogP contribution in [0.2, 0.25) is 5.02 Å². The minimum Gasteiger partial charge on any atom is -0.273 e. The maximum Gasteiger partial charge on any atom is 0.352 e. The van der Waals surface area contributed by atoms with Crippen LogP contribution in [0.15, 0.2) is 70.4 Å². The van der Waals surface area contributed by atoms with Crippen LogP contribution in [0.5, 0.6) is 0 Å². The molecule has 8 nitrogen and oxygen atoms in total. The van der Waals surface area contributed by atoms with Gasteiger partial charge < -0.3 is 0 Å². The highest BCUT2D eigenvalue weighted by molar-refractivity contribution is 6.30. The fourth-order valence-electron chi connectivity index (χ4n) is 3.57. The molecule has 0 amide bonds. The molecule has 0 N–H and O–H groups in total. The van der Waals surface area contributed by atoms with Gasteiger partial charge >= 0.3 is 5.69 Å². The highest BCUT2D eigenvalue weighted by Gasteiger charge is 2.20. The van der Waals surface area contributed by atoms with Crippen molar-refractivity contribution in [3.8, 4) is 0 Å². The fourth-order valence-corrected chi connectivity index (χ4v) is 3.69. The number of halogens is 1. The Bertz CT molecular complexity index is 1490. The molecule has 3 heterocycles. The standard InChI is InChI=1S/C21H17ClN6O2/c1-25-13-17-18(23-25)19(29)26(11-15-7-9-16(22)10-8-15)20-24-27(21(30)28(17)20)12-14-5-3-2-4-6-14/h2-10,13H,11-12H2,1H3. The lowest BCUT2D eigenvalue weighted by molar-refractivity contribution is 0.654. The van der Waals surface area contributed by atoms with Gasteiger partial charge in [0.2, 0.25) is 5.78 Å². The van der Waals surface area contributed by atoms with Gasteiger partial charge in [-0.15, -0.1) is 5.10 Å². The van der Waals surface area contributed by atoms with Crippen LogP contribution in [0.4, 0.5) is 0 Å². The number of hydrogen-bond donors (Lipinski definition) is 0. The Morgan fingerprint density at radius 3 is 2.33 bits per heavy atom. The topological polar surface area (TPSA) is 79.1 Å². The molecule has 0 bridgehead atoms. The summed E-state index contributed by atoms with van der Waals surface area (Å²) in [5, 5.41) is 9.40. The zero-order valence-corrected chi connectivity index (χ0v) is 16.8. The molecule has 0 radical (unpaired) electrons. The zero-order valence-electron chi connectivity index (χ0n) is 16.1. The van der Waals surface area contributed by atoms with Gasteiger partial charge in [0, 0.05) is 18.3 Å². The second kappa shape index (κ2) is 7.00. The van der Waals surface area contributed by atoms with Crippen LogP contribution in [0.1, 0.15) is 11.1 Å². The first-order valence-corrected chi connectivity index (χ1v) is 9.73. The second-order valence-electron chi connectivity index (χ2n) is 7.12. The Hall–Kier alpha value is -3.65. The van der Waals surface area contributed by atoms with Crippen LogP contribution < -0.4 is 11.2 Å². The van der Waals surface area contributed by atoms with Gasteiger partial charge in [0.1, 0.15) is 5.52 Å². The van der Waals surface area contributed by atoms with Crippen LogP contribution in [0.3, 0.4) is 0 Å². The predicted molar refractivity (Wildman–Crippen MR) is 114 cm³/mol. The van der Waals surface area contributed by atoms with Gasteiger partial charge in [-0.1, -0.05) is 54.1 Å². The van der Waals surface area contributed by atoms with E-state index in [1.807, 2.05) is 42.5 Å². The molecule has 5 rings (SSSR count). The molecule has 0 aliphatic carbocycles. The summed E-state index contributed by atoms with van der Waals surface area (Å²) in [6, 6.07) is 16.8. The van der Waals surface area contributed by atoms with Crippen molar-refractivity contribution in [3.05, 3.63) is 97.8 Å². The van der Waals surface area contributed by atoms with Crippen molar-refractivity contribution in [1.29, 1.82) is 0 Å². The van der Waals surface area contributed by atoms with Crippen molar-refractivity contribution < 1.29 is 0 Å². The minimum absolute atomic E-state index is 0.223. The highest BCUT2D eigenvalue weighted by Crippen LogP contribution is 2.14. The monoisotopic (exact) mass is 420 g/mol. The molecule has 5 aromatic rings. The van der Waals surface area contributed by atoms with Crippen molar-refractivity contribution >= 4 is 28.4 Å². The lowest BCUT2D eigenvalue weighted by atomic mass is 10.2. The summed E-state index contributed by atoms with van der Waals surface area (Å²) < 4.78 is 5.82. The van der Waals surface area contributed by atoms with E-state index in [1.165, 1.54) is 18.3 Å². The molecule has 9 heteroatoms. The number of rotatable bonds is 4. The molecule has 0 spiro atoms. The van der Waals surface area contributed by atoms with Crippen molar-refractivity contribution in [2.24, 2.45) is 7.05 Å². The zero-order chi connectivity index (χ0) is 20.8. The number of aryl methyl sites for hydroxylation is 1. The highest BCUT2D eigenvalue weighted by atomic mass is 35.5. The summed E-state index contributed by atoms with van der Waals surface area (Å²) in [6.07, 6.45) is 1.66. The Balaban J connectivity index is 1.76. The molecule has 2 aromatic carbocycles. The molecule has 0 fully saturated rings. The first kappa shape index (κ1) is 18.4. The second-order valence-corrected chi connectivity index (χ2v) is 7.55. The van der Waals surface area contributed by atoms with E-state index in [0.717, 1.165) is 11.1 Å². The molecule has 0 saturated heterocycles. The van der Waals surface area contributed by atoms with Crippen molar-refractivity contribution in [1.82, 2.24) is 28.5 Å². The Labute approximate surface area is 175 Å². The van der Waals surface area contributed by atoms with E-state index in [4.69, 9.17) is 11.6 Å². The molecule has 0 atom stereocenters. The van der Waals surface area contributed by atoms with E-state index in [1.54, 1.807) is 25.4 Å². The molecule has 0 saturated carbocycles. The summed E-state index contributed by atoms with van der Waals surface area (Å²) in [5.74, 6) is 0.274. The molecule has 0 aliphatic rings. The number of nitrogens with zero attached hydrogens (tertiary/aromatic N) is 6. The SMILES string of the molecule is Cn1cc2c(n1)c(=O)n(Cc1ccc(Cl)cc1)c1nn(Cc3ccccc3)c(=O)n21. The largest absolute Gasteiger partial charge is 0.352 e. The third-order valence-corrected chi connectivity index (χ3v) is 5.24. The summed E-state index contributed by atoms with van der Waals surface area (Å²) >= 11 is 5.98. The molecule has 30 heavy (non-hydrogen) atoms. The maximum absolute atomic E-state index is 13.2. The summed E-state index contributed by atoms with van der Waals surface area (Å²) in [4.78, 5) is 26.4. The number of fused-ring (bicyclic) bond motifs is 3. The third kappa shape index (κ3) is 3.02. The summed E-state index contributed by atoms with van der Waals surface area (Å²) in [7, 11) is 1.72. The van der Waals surface area contributed by atoms with E-state index in [9.17, 15) is 9.59 Å². The molecule has 3 aromatic heterocycles. The van der Waals surface area contributed by atoms with E-state index in [-0.39, 0.29) is 29.1 Å². The first-order valence-electron chi connectivity index (χ1n) is 9.35. The fraction of sp³-hybridized carbons (Fsp3) is 0.143. The smallest absolute Gasteiger partial charge is 0.273 e. The average molecular weight is 421 g/mol. The normalized spacial score (nSPS) is 11.5. The molecular formula is C21H17ClN6O2. The first-order chi connectivity index (χ1) is 14.5. The number of benzene rings is 2. The van der Waals surface area contributed by atoms with E-state index >= 15 is 0 Å². The van der Waals surface area contributed by atoms with Gasteiger partial charge in [-0.25, -0.2) is 13.9 Å². The summed E-state index contributed by atoms with van der Waals surface area (Å²) in [5.41, 5.74) is 1.84. The maximum atomic E-state index is 13.2. The van der Waals surface area contributed by atoms with E-state index in [2.05, 4.69) is 10.2 Å². The van der Waals surface area contributed by atoms with Gasteiger partial charge in [-0.05, 0) is 23.3 Å². The van der Waals surface area contributed by atoms with Crippen molar-refractivity contribution in [2.75, 3.05) is 0 Å².